The van der Waals surface area contributed by atoms with Crippen LogP contribution in [0, 0.1) is 6.92 Å². The molecule has 0 aliphatic carbocycles. The van der Waals surface area contributed by atoms with E-state index in [0.29, 0.717) is 11.6 Å². The Morgan fingerprint density at radius 2 is 1.95 bits per heavy atom. The molecule has 1 aromatic heterocycles. The van der Waals surface area contributed by atoms with E-state index in [-0.39, 0.29) is 5.56 Å². The van der Waals surface area contributed by atoms with E-state index < -0.39 is 5.97 Å². The molecular weight excluding hydrogens is 266 g/mol. The highest BCUT2D eigenvalue weighted by molar-refractivity contribution is 5.93. The summed E-state index contributed by atoms with van der Waals surface area (Å²) >= 11 is 0. The summed E-state index contributed by atoms with van der Waals surface area (Å²) in [6.45, 7) is 3.70. The Morgan fingerprint density at radius 3 is 2.62 bits per heavy atom. The molecule has 0 amide bonds. The predicted molar refractivity (Wildman–Crippen MR) is 80.6 cm³/mol. The summed E-state index contributed by atoms with van der Waals surface area (Å²) in [6.07, 6.45) is 3.57. The van der Waals surface area contributed by atoms with Gasteiger partial charge in [0, 0.05) is 24.8 Å². The maximum absolute atomic E-state index is 11.4. The van der Waals surface area contributed by atoms with Crippen LogP contribution in [0.4, 0.5) is 5.82 Å². The third-order valence-corrected chi connectivity index (χ3v) is 3.79. The Labute approximate surface area is 123 Å². The van der Waals surface area contributed by atoms with Gasteiger partial charge in [0.1, 0.15) is 11.4 Å². The molecule has 5 nitrogen and oxygen atoms in total. The number of carboxylic acid groups (broad SMARTS) is 1. The van der Waals surface area contributed by atoms with Crippen LogP contribution in [-0.4, -0.2) is 34.1 Å². The number of nitrogens with zero attached hydrogens (tertiary/aromatic N) is 3. The highest BCUT2D eigenvalue weighted by Gasteiger charge is 2.22. The van der Waals surface area contributed by atoms with E-state index in [1.165, 1.54) is 6.20 Å². The van der Waals surface area contributed by atoms with Gasteiger partial charge in [-0.3, -0.25) is 0 Å². The molecule has 108 valence electrons. The standard InChI is InChI=1S/C16H17N3O2/c1-11-6-2-3-7-12(11)14-17-10-13(16(20)21)15(18-14)19-8-4-5-9-19/h2-3,6-7,10H,4-5,8-9H2,1H3,(H,20,21). The zero-order chi connectivity index (χ0) is 14.8. The number of carboxylic acids is 1. The fourth-order valence-electron chi connectivity index (χ4n) is 2.65. The van der Waals surface area contributed by atoms with Crippen LogP contribution in [0.5, 0.6) is 0 Å². The van der Waals surface area contributed by atoms with E-state index in [1.54, 1.807) is 0 Å². The van der Waals surface area contributed by atoms with Crippen molar-refractivity contribution in [2.75, 3.05) is 18.0 Å². The number of aromatic carboxylic acids is 1. The molecule has 0 radical (unpaired) electrons. The summed E-state index contributed by atoms with van der Waals surface area (Å²) in [7, 11) is 0. The molecule has 21 heavy (non-hydrogen) atoms. The van der Waals surface area contributed by atoms with Crippen LogP contribution in [0.3, 0.4) is 0 Å². The molecule has 3 rings (SSSR count). The molecule has 0 bridgehead atoms. The second kappa shape index (κ2) is 5.52. The summed E-state index contributed by atoms with van der Waals surface area (Å²) in [5.41, 5.74) is 2.19. The van der Waals surface area contributed by atoms with Gasteiger partial charge in [-0.25, -0.2) is 14.8 Å². The number of aromatic nitrogens is 2. The Bertz CT molecular complexity index is 679. The lowest BCUT2D eigenvalue weighted by Gasteiger charge is -2.19. The van der Waals surface area contributed by atoms with E-state index in [4.69, 9.17) is 0 Å². The first-order valence-electron chi connectivity index (χ1n) is 7.08. The molecule has 2 heterocycles. The molecule has 1 aliphatic heterocycles. The van der Waals surface area contributed by atoms with Crippen molar-refractivity contribution in [2.45, 2.75) is 19.8 Å². The van der Waals surface area contributed by atoms with Crippen LogP contribution >= 0.6 is 0 Å². The lowest BCUT2D eigenvalue weighted by molar-refractivity contribution is 0.0696. The molecule has 1 aromatic carbocycles. The van der Waals surface area contributed by atoms with E-state index in [0.717, 1.165) is 37.1 Å². The number of hydrogen-bond acceptors (Lipinski definition) is 4. The molecule has 0 unspecified atom stereocenters. The first-order chi connectivity index (χ1) is 10.2. The van der Waals surface area contributed by atoms with Gasteiger partial charge in [0.25, 0.3) is 0 Å². The van der Waals surface area contributed by atoms with Gasteiger partial charge >= 0.3 is 5.97 Å². The van der Waals surface area contributed by atoms with Gasteiger partial charge < -0.3 is 10.0 Å². The monoisotopic (exact) mass is 283 g/mol. The van der Waals surface area contributed by atoms with Crippen LogP contribution in [0.25, 0.3) is 11.4 Å². The van der Waals surface area contributed by atoms with Crippen LogP contribution in [0.15, 0.2) is 30.5 Å². The van der Waals surface area contributed by atoms with Crippen molar-refractivity contribution < 1.29 is 9.90 Å². The lowest BCUT2D eigenvalue weighted by atomic mass is 10.1. The summed E-state index contributed by atoms with van der Waals surface area (Å²) in [5.74, 6) is 0.140. The van der Waals surface area contributed by atoms with Crippen molar-refractivity contribution in [3.05, 3.63) is 41.6 Å². The largest absolute Gasteiger partial charge is 0.477 e. The average molecular weight is 283 g/mol. The van der Waals surface area contributed by atoms with E-state index >= 15 is 0 Å². The quantitative estimate of drug-likeness (QED) is 0.938. The minimum absolute atomic E-state index is 0.175. The molecule has 1 N–H and O–H groups in total. The number of carbonyl (C=O) groups is 1. The maximum atomic E-state index is 11.4. The summed E-state index contributed by atoms with van der Waals surface area (Å²) in [4.78, 5) is 22.2. The molecule has 0 atom stereocenters. The minimum Gasteiger partial charge on any atom is -0.477 e. The van der Waals surface area contributed by atoms with Crippen molar-refractivity contribution in [3.8, 4) is 11.4 Å². The number of hydrogen-bond donors (Lipinski definition) is 1. The number of benzene rings is 1. The lowest BCUT2D eigenvalue weighted by Crippen LogP contribution is -2.22. The van der Waals surface area contributed by atoms with Gasteiger partial charge in [0.2, 0.25) is 0 Å². The van der Waals surface area contributed by atoms with Crippen molar-refractivity contribution in [1.29, 1.82) is 0 Å². The molecule has 1 saturated heterocycles. The van der Waals surface area contributed by atoms with Crippen LogP contribution in [-0.2, 0) is 0 Å². The minimum atomic E-state index is -0.978. The number of rotatable bonds is 3. The fraction of sp³-hybridized carbons (Fsp3) is 0.312. The van der Waals surface area contributed by atoms with E-state index in [2.05, 4.69) is 9.97 Å². The maximum Gasteiger partial charge on any atom is 0.341 e. The Hall–Kier alpha value is -2.43. The van der Waals surface area contributed by atoms with Gasteiger partial charge in [0.05, 0.1) is 0 Å². The summed E-state index contributed by atoms with van der Waals surface area (Å²) < 4.78 is 0. The van der Waals surface area contributed by atoms with Gasteiger partial charge in [-0.2, -0.15) is 0 Å². The highest BCUT2D eigenvalue weighted by Crippen LogP contribution is 2.26. The molecule has 1 aliphatic rings. The van der Waals surface area contributed by atoms with Crippen LogP contribution in [0.2, 0.25) is 0 Å². The van der Waals surface area contributed by atoms with Gasteiger partial charge in [0.15, 0.2) is 5.82 Å². The molecular formula is C16H17N3O2. The van der Waals surface area contributed by atoms with Crippen LogP contribution < -0.4 is 4.90 Å². The summed E-state index contributed by atoms with van der Waals surface area (Å²) in [5, 5.41) is 9.34. The Morgan fingerprint density at radius 1 is 1.24 bits per heavy atom. The third kappa shape index (κ3) is 2.59. The zero-order valence-electron chi connectivity index (χ0n) is 11.9. The second-order valence-corrected chi connectivity index (χ2v) is 5.25. The first-order valence-corrected chi connectivity index (χ1v) is 7.08. The zero-order valence-corrected chi connectivity index (χ0v) is 11.9. The first kappa shape index (κ1) is 13.5. The molecule has 2 aromatic rings. The molecule has 0 saturated carbocycles. The van der Waals surface area contributed by atoms with Crippen molar-refractivity contribution in [2.24, 2.45) is 0 Å². The van der Waals surface area contributed by atoms with Crippen LogP contribution in [0.1, 0.15) is 28.8 Å². The van der Waals surface area contributed by atoms with Crippen molar-refractivity contribution in [1.82, 2.24) is 9.97 Å². The number of aryl methyl sites for hydroxylation is 1. The topological polar surface area (TPSA) is 66.3 Å². The normalized spacial score (nSPS) is 14.4. The predicted octanol–water partition coefficient (Wildman–Crippen LogP) is 2.75. The SMILES string of the molecule is Cc1ccccc1-c1ncc(C(=O)O)c(N2CCCC2)n1. The van der Waals surface area contributed by atoms with Crippen molar-refractivity contribution in [3.63, 3.8) is 0 Å². The molecule has 0 spiro atoms. The second-order valence-electron chi connectivity index (χ2n) is 5.25. The van der Waals surface area contributed by atoms with Gasteiger partial charge in [-0.1, -0.05) is 24.3 Å². The van der Waals surface area contributed by atoms with Gasteiger partial charge in [-0.05, 0) is 25.3 Å². The van der Waals surface area contributed by atoms with Gasteiger partial charge in [-0.15, -0.1) is 0 Å². The molecule has 1 fully saturated rings. The smallest absolute Gasteiger partial charge is 0.341 e. The van der Waals surface area contributed by atoms with Crippen molar-refractivity contribution >= 4 is 11.8 Å². The van der Waals surface area contributed by atoms with E-state index in [1.807, 2.05) is 36.1 Å². The average Bonchev–Trinajstić information content (AvgIpc) is 3.01. The number of anilines is 1. The Kier molecular flexibility index (Phi) is 3.56. The van der Waals surface area contributed by atoms with E-state index in [9.17, 15) is 9.90 Å². The Balaban J connectivity index is 2.10. The molecule has 5 heteroatoms. The highest BCUT2D eigenvalue weighted by atomic mass is 16.4. The fourth-order valence-corrected chi connectivity index (χ4v) is 2.65. The third-order valence-electron chi connectivity index (χ3n) is 3.79. The summed E-state index contributed by atoms with van der Waals surface area (Å²) in [6, 6.07) is 7.86.